The summed E-state index contributed by atoms with van der Waals surface area (Å²) in [4.78, 5) is 37.8. The first-order chi connectivity index (χ1) is 13.6. The van der Waals surface area contributed by atoms with E-state index in [9.17, 15) is 9.59 Å². The fourth-order valence-electron chi connectivity index (χ4n) is 3.04. The Labute approximate surface area is 164 Å². The molecule has 1 N–H and O–H groups in total. The van der Waals surface area contributed by atoms with E-state index in [1.807, 2.05) is 0 Å². The molecule has 0 unspecified atom stereocenters. The van der Waals surface area contributed by atoms with Crippen molar-refractivity contribution in [3.8, 4) is 0 Å². The molecule has 1 aromatic heterocycles. The second-order valence-electron chi connectivity index (χ2n) is 6.41. The van der Waals surface area contributed by atoms with Crippen LogP contribution in [0.15, 0.2) is 36.7 Å². The predicted octanol–water partition coefficient (Wildman–Crippen LogP) is 2.05. The summed E-state index contributed by atoms with van der Waals surface area (Å²) in [5.41, 5.74) is 1.03. The molecule has 0 bridgehead atoms. The molecule has 148 valence electrons. The number of hydrogen-bond acceptors (Lipinski definition) is 7. The van der Waals surface area contributed by atoms with Crippen molar-refractivity contribution in [2.45, 2.75) is 13.8 Å². The van der Waals surface area contributed by atoms with Crippen molar-refractivity contribution in [1.82, 2.24) is 14.9 Å². The van der Waals surface area contributed by atoms with E-state index in [1.165, 1.54) is 12.4 Å². The van der Waals surface area contributed by atoms with Crippen LogP contribution in [0.4, 0.5) is 11.6 Å². The minimum atomic E-state index is -0.476. The number of hydrogen-bond donors (Lipinski definition) is 1. The molecule has 1 fully saturated rings. The van der Waals surface area contributed by atoms with Gasteiger partial charge in [0.05, 0.1) is 23.4 Å². The first kappa shape index (κ1) is 19.8. The molecular weight excluding hydrogens is 358 g/mol. The zero-order valence-electron chi connectivity index (χ0n) is 16.2. The number of ether oxygens (including phenoxy) is 1. The molecule has 8 nitrogen and oxygen atoms in total. The molecule has 0 spiro atoms. The van der Waals surface area contributed by atoms with Crippen LogP contribution < -0.4 is 10.2 Å². The van der Waals surface area contributed by atoms with Crippen molar-refractivity contribution >= 4 is 23.5 Å². The van der Waals surface area contributed by atoms with E-state index >= 15 is 0 Å². The molecule has 1 aliphatic heterocycles. The quantitative estimate of drug-likeness (QED) is 0.764. The van der Waals surface area contributed by atoms with E-state index < -0.39 is 5.97 Å². The van der Waals surface area contributed by atoms with Gasteiger partial charge in [-0.15, -0.1) is 0 Å². The van der Waals surface area contributed by atoms with E-state index in [1.54, 1.807) is 31.2 Å². The van der Waals surface area contributed by atoms with E-state index in [4.69, 9.17) is 4.74 Å². The minimum Gasteiger partial charge on any atom is -0.462 e. The molecule has 28 heavy (non-hydrogen) atoms. The van der Waals surface area contributed by atoms with Gasteiger partial charge in [-0.1, -0.05) is 19.1 Å². The molecule has 0 aliphatic carbocycles. The Morgan fingerprint density at radius 1 is 1.07 bits per heavy atom. The zero-order chi connectivity index (χ0) is 19.9. The fourth-order valence-corrected chi connectivity index (χ4v) is 3.04. The predicted molar refractivity (Wildman–Crippen MR) is 107 cm³/mol. The van der Waals surface area contributed by atoms with Gasteiger partial charge in [-0.2, -0.15) is 0 Å². The Balaban J connectivity index is 1.67. The van der Waals surface area contributed by atoms with Crippen molar-refractivity contribution in [3.63, 3.8) is 0 Å². The highest BCUT2D eigenvalue weighted by molar-refractivity contribution is 6.07. The maximum Gasteiger partial charge on any atom is 0.340 e. The molecule has 0 saturated carbocycles. The van der Waals surface area contributed by atoms with Crippen LogP contribution in [-0.2, 0) is 4.74 Å². The molecule has 0 radical (unpaired) electrons. The molecule has 1 amide bonds. The summed E-state index contributed by atoms with van der Waals surface area (Å²) in [6.07, 6.45) is 3.02. The first-order valence-electron chi connectivity index (χ1n) is 9.49. The van der Waals surface area contributed by atoms with Gasteiger partial charge in [0.15, 0.2) is 0 Å². The number of amides is 1. The van der Waals surface area contributed by atoms with Crippen LogP contribution >= 0.6 is 0 Å². The molecule has 1 aromatic carbocycles. The molecule has 3 rings (SSSR count). The normalized spacial score (nSPS) is 14.6. The summed E-state index contributed by atoms with van der Waals surface area (Å²) in [6, 6.07) is 6.74. The number of piperazine rings is 1. The van der Waals surface area contributed by atoms with Gasteiger partial charge in [-0.3, -0.25) is 4.79 Å². The number of nitrogens with one attached hydrogen (secondary N) is 1. The first-order valence-corrected chi connectivity index (χ1v) is 9.49. The topological polar surface area (TPSA) is 87.7 Å². The maximum atomic E-state index is 12.6. The molecule has 1 saturated heterocycles. The number of rotatable bonds is 6. The number of anilines is 2. The van der Waals surface area contributed by atoms with Gasteiger partial charge in [-0.05, 0) is 25.6 Å². The Kier molecular flexibility index (Phi) is 6.54. The number of nitrogens with zero attached hydrogens (tertiary/aromatic N) is 4. The second kappa shape index (κ2) is 9.27. The van der Waals surface area contributed by atoms with Crippen molar-refractivity contribution < 1.29 is 14.3 Å². The number of esters is 1. The minimum absolute atomic E-state index is 0.267. The van der Waals surface area contributed by atoms with Gasteiger partial charge in [0, 0.05) is 38.6 Å². The van der Waals surface area contributed by atoms with Gasteiger partial charge in [0.2, 0.25) is 5.95 Å². The van der Waals surface area contributed by atoms with Crippen LogP contribution in [0.3, 0.4) is 0 Å². The second-order valence-corrected chi connectivity index (χ2v) is 6.41. The number of aromatic nitrogens is 2. The van der Waals surface area contributed by atoms with Crippen LogP contribution in [0.2, 0.25) is 0 Å². The molecule has 1 aliphatic rings. The van der Waals surface area contributed by atoms with Crippen LogP contribution in [0.25, 0.3) is 0 Å². The molecule has 0 atom stereocenters. The summed E-state index contributed by atoms with van der Waals surface area (Å²) < 4.78 is 5.03. The van der Waals surface area contributed by atoms with Crippen molar-refractivity contribution in [1.29, 1.82) is 0 Å². The highest BCUT2D eigenvalue weighted by Gasteiger charge is 2.19. The average molecular weight is 383 g/mol. The van der Waals surface area contributed by atoms with E-state index in [2.05, 4.69) is 32.0 Å². The maximum absolute atomic E-state index is 12.6. The molecule has 2 aromatic rings. The standard InChI is InChI=1S/C20H25N5O3/c1-3-24-9-11-25(12-10-24)20-21-13-15(14-22-20)18(26)23-17-8-6-5-7-16(17)19(27)28-4-2/h5-8,13-14H,3-4,9-12H2,1-2H3,(H,23,26). The number of likely N-dealkylation sites (N-methyl/N-ethyl adjacent to an activating group) is 1. The highest BCUT2D eigenvalue weighted by atomic mass is 16.5. The van der Waals surface area contributed by atoms with E-state index in [-0.39, 0.29) is 12.5 Å². The lowest BCUT2D eigenvalue weighted by Crippen LogP contribution is -2.46. The third kappa shape index (κ3) is 4.64. The summed E-state index contributed by atoms with van der Waals surface area (Å²) in [6.45, 7) is 8.89. The Morgan fingerprint density at radius 2 is 1.75 bits per heavy atom. The molecule has 2 heterocycles. The smallest absolute Gasteiger partial charge is 0.340 e. The van der Waals surface area contributed by atoms with Gasteiger partial charge in [0.25, 0.3) is 5.91 Å². The largest absolute Gasteiger partial charge is 0.462 e. The summed E-state index contributed by atoms with van der Waals surface area (Å²) in [5.74, 6) is -0.227. The van der Waals surface area contributed by atoms with E-state index in [0.717, 1.165) is 32.7 Å². The zero-order valence-corrected chi connectivity index (χ0v) is 16.2. The fraction of sp³-hybridized carbons (Fsp3) is 0.400. The highest BCUT2D eigenvalue weighted by Crippen LogP contribution is 2.18. The third-order valence-corrected chi connectivity index (χ3v) is 4.67. The van der Waals surface area contributed by atoms with Crippen LogP contribution in [0.1, 0.15) is 34.6 Å². The number of para-hydroxylation sites is 1. The Morgan fingerprint density at radius 3 is 2.39 bits per heavy atom. The van der Waals surface area contributed by atoms with Gasteiger partial charge in [0.1, 0.15) is 0 Å². The van der Waals surface area contributed by atoms with Gasteiger partial charge >= 0.3 is 5.97 Å². The van der Waals surface area contributed by atoms with Crippen molar-refractivity contribution in [2.75, 3.05) is 49.5 Å². The summed E-state index contributed by atoms with van der Waals surface area (Å²) in [7, 11) is 0. The molecular formula is C20H25N5O3. The number of carbonyl (C=O) groups is 2. The Bertz CT molecular complexity index is 817. The van der Waals surface area contributed by atoms with Gasteiger partial charge < -0.3 is 19.9 Å². The van der Waals surface area contributed by atoms with Crippen LogP contribution in [0.5, 0.6) is 0 Å². The SMILES string of the molecule is CCOC(=O)c1ccccc1NC(=O)c1cnc(N2CCN(CC)CC2)nc1. The third-order valence-electron chi connectivity index (χ3n) is 4.67. The Hall–Kier alpha value is -3.00. The average Bonchev–Trinajstić information content (AvgIpc) is 2.74. The summed E-state index contributed by atoms with van der Waals surface area (Å²) >= 11 is 0. The van der Waals surface area contributed by atoms with Crippen LogP contribution in [0, 0.1) is 0 Å². The van der Waals surface area contributed by atoms with Crippen molar-refractivity contribution in [2.24, 2.45) is 0 Å². The monoisotopic (exact) mass is 383 g/mol. The van der Waals surface area contributed by atoms with E-state index in [0.29, 0.717) is 22.8 Å². The summed E-state index contributed by atoms with van der Waals surface area (Å²) in [5, 5.41) is 2.74. The molecule has 8 heteroatoms. The number of carbonyl (C=O) groups excluding carboxylic acids is 2. The lowest BCUT2D eigenvalue weighted by Gasteiger charge is -2.33. The van der Waals surface area contributed by atoms with Crippen LogP contribution in [-0.4, -0.2) is 66.1 Å². The number of benzene rings is 1. The van der Waals surface area contributed by atoms with Crippen molar-refractivity contribution in [3.05, 3.63) is 47.8 Å². The van der Waals surface area contributed by atoms with Gasteiger partial charge in [-0.25, -0.2) is 14.8 Å². The lowest BCUT2D eigenvalue weighted by atomic mass is 10.1. The lowest BCUT2D eigenvalue weighted by molar-refractivity contribution is 0.0527.